The minimum absolute atomic E-state index is 0.171. The van der Waals surface area contributed by atoms with E-state index in [-0.39, 0.29) is 11.7 Å². The van der Waals surface area contributed by atoms with Gasteiger partial charge < -0.3 is 15.2 Å². The molecule has 1 amide bonds. The van der Waals surface area contributed by atoms with Gasteiger partial charge in [0.05, 0.1) is 25.2 Å². The van der Waals surface area contributed by atoms with Crippen LogP contribution in [0.4, 0.5) is 5.13 Å². The molecule has 0 aliphatic carbocycles. The van der Waals surface area contributed by atoms with Gasteiger partial charge in [-0.05, 0) is 36.2 Å². The zero-order valence-electron chi connectivity index (χ0n) is 17.0. The largest absolute Gasteiger partial charge is 0.490 e. The third-order valence-electron chi connectivity index (χ3n) is 3.91. The van der Waals surface area contributed by atoms with Crippen LogP contribution in [-0.2, 0) is 11.2 Å². The van der Waals surface area contributed by atoms with E-state index >= 15 is 0 Å². The number of benzene rings is 2. The van der Waals surface area contributed by atoms with Gasteiger partial charge in [-0.15, -0.1) is 10.2 Å². The zero-order valence-corrected chi connectivity index (χ0v) is 18.6. The van der Waals surface area contributed by atoms with Crippen molar-refractivity contribution >= 4 is 40.4 Å². The first-order valence-electron chi connectivity index (χ1n) is 9.61. The van der Waals surface area contributed by atoms with Gasteiger partial charge >= 0.3 is 0 Å². The van der Waals surface area contributed by atoms with Gasteiger partial charge in [-0.1, -0.05) is 53.4 Å². The number of nitrogens with two attached hydrogens (primary N) is 1. The number of ether oxygens (including phenoxy) is 2. The van der Waals surface area contributed by atoms with Gasteiger partial charge in [0.1, 0.15) is 0 Å². The maximum Gasteiger partial charge on any atom is 0.250 e. The van der Waals surface area contributed by atoms with Crippen LogP contribution in [0.3, 0.4) is 0 Å². The molecule has 10 heteroatoms. The normalized spacial score (nSPS) is 10.9. The van der Waals surface area contributed by atoms with Crippen LogP contribution < -0.4 is 20.6 Å². The molecule has 0 fully saturated rings. The number of hydrogen-bond donors (Lipinski definition) is 2. The zero-order chi connectivity index (χ0) is 21.9. The van der Waals surface area contributed by atoms with Crippen molar-refractivity contribution in [1.29, 1.82) is 0 Å². The molecule has 0 saturated carbocycles. The van der Waals surface area contributed by atoms with Crippen LogP contribution in [0.25, 0.3) is 0 Å². The quantitative estimate of drug-likeness (QED) is 0.258. The van der Waals surface area contributed by atoms with Gasteiger partial charge in [0.25, 0.3) is 5.91 Å². The average molecular weight is 458 g/mol. The molecule has 3 rings (SSSR count). The second-order valence-corrected chi connectivity index (χ2v) is 8.44. The van der Waals surface area contributed by atoms with Crippen molar-refractivity contribution in [3.63, 3.8) is 0 Å². The summed E-state index contributed by atoms with van der Waals surface area (Å²) in [7, 11) is 0. The third-order valence-corrected chi connectivity index (χ3v) is 5.80. The van der Waals surface area contributed by atoms with E-state index in [2.05, 4.69) is 32.9 Å². The highest BCUT2D eigenvalue weighted by atomic mass is 32.2. The van der Waals surface area contributed by atoms with E-state index in [1.54, 1.807) is 6.21 Å². The molecule has 0 saturated heterocycles. The van der Waals surface area contributed by atoms with Gasteiger partial charge in [-0.25, -0.2) is 5.43 Å². The Kier molecular flexibility index (Phi) is 8.68. The average Bonchev–Trinajstić information content (AvgIpc) is 3.20. The summed E-state index contributed by atoms with van der Waals surface area (Å²) < 4.78 is 12.2. The Bertz CT molecular complexity index is 1010. The monoisotopic (exact) mass is 457 g/mol. The second kappa shape index (κ2) is 11.9. The summed E-state index contributed by atoms with van der Waals surface area (Å²) in [5, 5.41) is 11.9. The molecule has 1 heterocycles. The first-order valence-corrected chi connectivity index (χ1v) is 11.4. The van der Waals surface area contributed by atoms with Crippen molar-refractivity contribution < 1.29 is 14.3 Å². The van der Waals surface area contributed by atoms with Crippen LogP contribution in [0.1, 0.15) is 18.1 Å². The number of aromatic nitrogens is 2. The van der Waals surface area contributed by atoms with Crippen LogP contribution in [0, 0.1) is 0 Å². The number of nitrogens with zero attached hydrogens (tertiary/aromatic N) is 3. The molecule has 0 aliphatic rings. The molecular formula is C21H23N5O3S2. The lowest BCUT2D eigenvalue weighted by atomic mass is 10.2. The van der Waals surface area contributed by atoms with Crippen LogP contribution in [0.2, 0.25) is 0 Å². The van der Waals surface area contributed by atoms with E-state index in [0.717, 1.165) is 12.0 Å². The topological polar surface area (TPSA) is 112 Å². The highest BCUT2D eigenvalue weighted by molar-refractivity contribution is 8.01. The van der Waals surface area contributed by atoms with Crippen molar-refractivity contribution in [2.24, 2.45) is 5.10 Å². The maximum absolute atomic E-state index is 11.9. The predicted molar refractivity (Wildman–Crippen MR) is 124 cm³/mol. The smallest absolute Gasteiger partial charge is 0.250 e. The van der Waals surface area contributed by atoms with Crippen molar-refractivity contribution in [3.8, 4) is 11.5 Å². The number of nitrogens with one attached hydrogen (secondary N) is 1. The van der Waals surface area contributed by atoms with Gasteiger partial charge in [0.2, 0.25) is 5.13 Å². The van der Waals surface area contributed by atoms with E-state index < -0.39 is 0 Å². The summed E-state index contributed by atoms with van der Waals surface area (Å²) in [6, 6.07) is 15.7. The first-order chi connectivity index (χ1) is 15.1. The molecule has 31 heavy (non-hydrogen) atoms. The first kappa shape index (κ1) is 22.6. The summed E-state index contributed by atoms with van der Waals surface area (Å²) >= 11 is 2.49. The highest BCUT2D eigenvalue weighted by Crippen LogP contribution is 2.28. The highest BCUT2D eigenvalue weighted by Gasteiger charge is 2.08. The fourth-order valence-corrected chi connectivity index (χ4v) is 3.96. The number of amides is 1. The molecular weight excluding hydrogens is 434 g/mol. The molecule has 0 aliphatic heterocycles. The van der Waals surface area contributed by atoms with Crippen molar-refractivity contribution in [3.05, 3.63) is 59.7 Å². The number of anilines is 1. The summed E-state index contributed by atoms with van der Waals surface area (Å²) in [4.78, 5) is 11.9. The second-order valence-electron chi connectivity index (χ2n) is 6.21. The van der Waals surface area contributed by atoms with E-state index in [0.29, 0.717) is 34.2 Å². The van der Waals surface area contributed by atoms with Crippen LogP contribution >= 0.6 is 23.1 Å². The number of hydrazone groups is 1. The van der Waals surface area contributed by atoms with Crippen LogP contribution in [0.15, 0.2) is 58.0 Å². The Morgan fingerprint density at radius 3 is 2.77 bits per heavy atom. The lowest BCUT2D eigenvalue weighted by Gasteiger charge is -2.12. The number of nitrogen functional groups attached to an aromatic ring is 1. The number of hydrogen-bond acceptors (Lipinski definition) is 9. The Morgan fingerprint density at radius 2 is 2.03 bits per heavy atom. The van der Waals surface area contributed by atoms with Crippen LogP contribution in [-0.4, -0.2) is 41.3 Å². The number of carbonyl (C=O) groups is 1. The molecule has 0 spiro atoms. The molecule has 0 radical (unpaired) electrons. The Hall–Kier alpha value is -3.11. The molecule has 8 nitrogen and oxygen atoms in total. The molecule has 162 valence electrons. The maximum atomic E-state index is 11.9. The van der Waals surface area contributed by atoms with Crippen molar-refractivity contribution in [2.45, 2.75) is 17.7 Å². The molecule has 0 bridgehead atoms. The van der Waals surface area contributed by atoms with E-state index in [9.17, 15) is 4.79 Å². The fourth-order valence-electron chi connectivity index (χ4n) is 2.53. The summed E-state index contributed by atoms with van der Waals surface area (Å²) in [5.41, 5.74) is 10.0. The Morgan fingerprint density at radius 1 is 1.19 bits per heavy atom. The van der Waals surface area contributed by atoms with E-state index in [1.165, 1.54) is 28.7 Å². The van der Waals surface area contributed by atoms with Crippen LogP contribution in [0.5, 0.6) is 11.5 Å². The van der Waals surface area contributed by atoms with Gasteiger partial charge in [-0.3, -0.25) is 4.79 Å². The standard InChI is InChI=1S/C21H23N5O3S2/c1-2-28-18-12-16(8-9-17(18)29-11-10-15-6-4-3-5-7-15)13-23-24-19(27)14-30-21-26-25-20(22)31-21/h3-9,12-13H,2,10-11,14H2,1H3,(H2,22,25)(H,24,27). The third kappa shape index (κ3) is 7.58. The van der Waals surface area contributed by atoms with E-state index in [4.69, 9.17) is 15.2 Å². The summed E-state index contributed by atoms with van der Waals surface area (Å²) in [6.07, 6.45) is 2.37. The van der Waals surface area contributed by atoms with Gasteiger partial charge in [-0.2, -0.15) is 5.10 Å². The number of carbonyl (C=O) groups excluding carboxylic acids is 1. The van der Waals surface area contributed by atoms with Gasteiger partial charge in [0.15, 0.2) is 15.8 Å². The lowest BCUT2D eigenvalue weighted by molar-refractivity contribution is -0.118. The van der Waals surface area contributed by atoms with Crippen molar-refractivity contribution in [1.82, 2.24) is 15.6 Å². The molecule has 3 aromatic rings. The number of thioether (sulfide) groups is 1. The Balaban J connectivity index is 1.51. The Labute approximate surface area is 188 Å². The molecule has 0 unspecified atom stereocenters. The summed E-state index contributed by atoms with van der Waals surface area (Å²) in [6.45, 7) is 2.98. The molecule has 2 aromatic carbocycles. The lowest BCUT2D eigenvalue weighted by Crippen LogP contribution is -2.19. The SMILES string of the molecule is CCOc1cc(C=NNC(=O)CSc2nnc(N)s2)ccc1OCCc1ccccc1. The minimum Gasteiger partial charge on any atom is -0.490 e. The number of rotatable bonds is 11. The molecule has 3 N–H and O–H groups in total. The fraction of sp³-hybridized carbons (Fsp3) is 0.238. The predicted octanol–water partition coefficient (Wildman–Crippen LogP) is 3.38. The van der Waals surface area contributed by atoms with Crippen molar-refractivity contribution in [2.75, 3.05) is 24.7 Å². The van der Waals surface area contributed by atoms with E-state index in [1.807, 2.05) is 43.3 Å². The minimum atomic E-state index is -0.249. The molecule has 0 atom stereocenters. The van der Waals surface area contributed by atoms with Gasteiger partial charge in [0, 0.05) is 6.42 Å². The summed E-state index contributed by atoms with van der Waals surface area (Å²) in [5.74, 6) is 1.23. The molecule has 1 aromatic heterocycles.